The Balaban J connectivity index is 1.96. The molecule has 21 heavy (non-hydrogen) atoms. The highest BCUT2D eigenvalue weighted by Gasteiger charge is 2.28. The van der Waals surface area contributed by atoms with E-state index in [2.05, 4.69) is 26.1 Å². The minimum atomic E-state index is -0.252. The Morgan fingerprint density at radius 1 is 1.24 bits per heavy atom. The number of ether oxygens (including phenoxy) is 1. The molecule has 2 atom stereocenters. The first-order valence-electron chi connectivity index (χ1n) is 7.96. The Kier molecular flexibility index (Phi) is 5.26. The van der Waals surface area contributed by atoms with Crippen molar-refractivity contribution in [3.8, 4) is 5.75 Å². The van der Waals surface area contributed by atoms with Gasteiger partial charge in [-0.1, -0.05) is 12.5 Å². The maximum atomic E-state index is 13.8. The molecular formula is C18H28FNO. The average molecular weight is 293 g/mol. The van der Waals surface area contributed by atoms with Crippen LogP contribution in [0.25, 0.3) is 0 Å². The molecule has 1 aliphatic rings. The van der Waals surface area contributed by atoms with Crippen LogP contribution in [0.15, 0.2) is 18.2 Å². The molecule has 1 N–H and O–H groups in total. The van der Waals surface area contributed by atoms with Gasteiger partial charge in [0.15, 0.2) is 11.6 Å². The summed E-state index contributed by atoms with van der Waals surface area (Å²) in [5.41, 5.74) is 1.25. The van der Waals surface area contributed by atoms with Gasteiger partial charge in [0, 0.05) is 5.54 Å². The maximum absolute atomic E-state index is 13.8. The van der Waals surface area contributed by atoms with E-state index in [0.717, 1.165) is 18.5 Å². The summed E-state index contributed by atoms with van der Waals surface area (Å²) in [7, 11) is 1.50. The summed E-state index contributed by atoms with van der Waals surface area (Å²) >= 11 is 0. The molecule has 0 aliphatic heterocycles. The first kappa shape index (κ1) is 16.3. The van der Waals surface area contributed by atoms with Gasteiger partial charge in [0.25, 0.3) is 0 Å². The largest absolute Gasteiger partial charge is 0.494 e. The summed E-state index contributed by atoms with van der Waals surface area (Å²) in [6, 6.07) is 5.36. The molecule has 0 saturated heterocycles. The molecular weight excluding hydrogens is 265 g/mol. The van der Waals surface area contributed by atoms with E-state index < -0.39 is 0 Å². The Bertz CT molecular complexity index is 467. The predicted molar refractivity (Wildman–Crippen MR) is 85.2 cm³/mol. The third-order valence-corrected chi connectivity index (χ3v) is 4.43. The number of rotatable bonds is 5. The highest BCUT2D eigenvalue weighted by molar-refractivity contribution is 5.29. The first-order valence-corrected chi connectivity index (χ1v) is 7.96. The van der Waals surface area contributed by atoms with Crippen molar-refractivity contribution in [3.05, 3.63) is 29.6 Å². The van der Waals surface area contributed by atoms with Crippen LogP contribution in [-0.2, 0) is 6.42 Å². The minimum absolute atomic E-state index is 0.166. The summed E-state index contributed by atoms with van der Waals surface area (Å²) in [5.74, 6) is 1.44. The van der Waals surface area contributed by atoms with E-state index in [4.69, 9.17) is 4.74 Å². The van der Waals surface area contributed by atoms with Gasteiger partial charge in [-0.2, -0.15) is 0 Å². The Labute approximate surface area is 128 Å². The van der Waals surface area contributed by atoms with Crippen molar-refractivity contribution in [1.29, 1.82) is 0 Å². The number of benzene rings is 1. The zero-order valence-electron chi connectivity index (χ0n) is 13.7. The lowest BCUT2D eigenvalue weighted by Crippen LogP contribution is -2.40. The summed E-state index contributed by atoms with van der Waals surface area (Å²) < 4.78 is 18.8. The molecule has 0 bridgehead atoms. The topological polar surface area (TPSA) is 21.3 Å². The van der Waals surface area contributed by atoms with E-state index in [0.29, 0.717) is 17.6 Å². The number of hydrogen-bond acceptors (Lipinski definition) is 2. The van der Waals surface area contributed by atoms with Crippen LogP contribution in [0.4, 0.5) is 4.39 Å². The van der Waals surface area contributed by atoms with Crippen LogP contribution in [0.5, 0.6) is 5.75 Å². The zero-order chi connectivity index (χ0) is 15.5. The maximum Gasteiger partial charge on any atom is 0.165 e. The van der Waals surface area contributed by atoms with Crippen molar-refractivity contribution in [2.45, 2.75) is 52.0 Å². The summed E-state index contributed by atoms with van der Waals surface area (Å²) in [6.45, 7) is 7.67. The SMILES string of the molecule is COc1ccc(CC2CCCC2CNC(C)(C)C)cc1F. The molecule has 0 radical (unpaired) electrons. The first-order chi connectivity index (χ1) is 9.89. The predicted octanol–water partition coefficient (Wildman–Crippen LogP) is 4.18. The fourth-order valence-corrected chi connectivity index (χ4v) is 3.23. The second kappa shape index (κ2) is 6.78. The van der Waals surface area contributed by atoms with Gasteiger partial charge < -0.3 is 10.1 Å². The van der Waals surface area contributed by atoms with E-state index in [9.17, 15) is 4.39 Å². The van der Waals surface area contributed by atoms with E-state index in [-0.39, 0.29) is 11.4 Å². The van der Waals surface area contributed by atoms with Crippen LogP contribution in [0.1, 0.15) is 45.6 Å². The van der Waals surface area contributed by atoms with Gasteiger partial charge in [0.2, 0.25) is 0 Å². The molecule has 0 heterocycles. The van der Waals surface area contributed by atoms with Crippen molar-refractivity contribution >= 4 is 0 Å². The van der Waals surface area contributed by atoms with Gasteiger partial charge in [-0.3, -0.25) is 0 Å². The van der Waals surface area contributed by atoms with Crippen LogP contribution in [0.3, 0.4) is 0 Å². The molecule has 0 aromatic heterocycles. The van der Waals surface area contributed by atoms with Gasteiger partial charge in [-0.25, -0.2) is 4.39 Å². The van der Waals surface area contributed by atoms with Gasteiger partial charge in [-0.05, 0) is 76.1 Å². The fourth-order valence-electron chi connectivity index (χ4n) is 3.23. The Morgan fingerprint density at radius 3 is 2.57 bits per heavy atom. The summed E-state index contributed by atoms with van der Waals surface area (Å²) in [4.78, 5) is 0. The standard InChI is InChI=1S/C18H28FNO/c1-18(2,3)20-12-15-7-5-6-14(15)10-13-8-9-17(21-4)16(19)11-13/h8-9,11,14-15,20H,5-7,10,12H2,1-4H3. The molecule has 2 unspecified atom stereocenters. The highest BCUT2D eigenvalue weighted by atomic mass is 19.1. The molecule has 2 rings (SSSR count). The van der Waals surface area contributed by atoms with Crippen molar-refractivity contribution in [2.24, 2.45) is 11.8 Å². The third-order valence-electron chi connectivity index (χ3n) is 4.43. The van der Waals surface area contributed by atoms with Crippen LogP contribution in [-0.4, -0.2) is 19.2 Å². The normalized spacial score (nSPS) is 22.5. The molecule has 2 nitrogen and oxygen atoms in total. The van der Waals surface area contributed by atoms with Gasteiger partial charge in [0.1, 0.15) is 0 Å². The van der Waals surface area contributed by atoms with Crippen molar-refractivity contribution in [1.82, 2.24) is 5.32 Å². The van der Waals surface area contributed by atoms with E-state index >= 15 is 0 Å². The third kappa shape index (κ3) is 4.70. The van der Waals surface area contributed by atoms with E-state index in [1.807, 2.05) is 6.07 Å². The lowest BCUT2D eigenvalue weighted by atomic mass is 9.89. The number of nitrogens with one attached hydrogen (secondary N) is 1. The Hall–Kier alpha value is -1.09. The van der Waals surface area contributed by atoms with Crippen LogP contribution in [0, 0.1) is 17.7 Å². The molecule has 0 amide bonds. The quantitative estimate of drug-likeness (QED) is 0.879. The smallest absolute Gasteiger partial charge is 0.165 e. The number of halogens is 1. The second-order valence-electron chi connectivity index (χ2n) is 7.25. The van der Waals surface area contributed by atoms with Gasteiger partial charge in [0.05, 0.1) is 7.11 Å². The average Bonchev–Trinajstić information content (AvgIpc) is 2.83. The monoisotopic (exact) mass is 293 g/mol. The minimum Gasteiger partial charge on any atom is -0.494 e. The summed E-state index contributed by atoms with van der Waals surface area (Å²) in [5, 5.41) is 3.62. The van der Waals surface area contributed by atoms with Crippen LogP contribution in [0.2, 0.25) is 0 Å². The van der Waals surface area contributed by atoms with Gasteiger partial charge in [-0.15, -0.1) is 0 Å². The molecule has 1 fully saturated rings. The molecule has 3 heteroatoms. The second-order valence-corrected chi connectivity index (χ2v) is 7.25. The van der Waals surface area contributed by atoms with Crippen LogP contribution >= 0.6 is 0 Å². The molecule has 1 aromatic rings. The lowest BCUT2D eigenvalue weighted by molar-refractivity contribution is 0.316. The van der Waals surface area contributed by atoms with E-state index in [1.54, 1.807) is 12.1 Å². The van der Waals surface area contributed by atoms with Gasteiger partial charge >= 0.3 is 0 Å². The van der Waals surface area contributed by atoms with Crippen molar-refractivity contribution in [2.75, 3.05) is 13.7 Å². The molecule has 1 aromatic carbocycles. The Morgan fingerprint density at radius 2 is 1.95 bits per heavy atom. The lowest BCUT2D eigenvalue weighted by Gasteiger charge is -2.26. The van der Waals surface area contributed by atoms with E-state index in [1.165, 1.54) is 26.4 Å². The highest BCUT2D eigenvalue weighted by Crippen LogP contribution is 2.34. The molecule has 0 spiro atoms. The molecule has 1 saturated carbocycles. The molecule has 118 valence electrons. The van der Waals surface area contributed by atoms with Crippen molar-refractivity contribution < 1.29 is 9.13 Å². The number of hydrogen-bond donors (Lipinski definition) is 1. The van der Waals surface area contributed by atoms with Crippen LogP contribution < -0.4 is 10.1 Å². The van der Waals surface area contributed by atoms with Crippen molar-refractivity contribution in [3.63, 3.8) is 0 Å². The fraction of sp³-hybridized carbons (Fsp3) is 0.667. The zero-order valence-corrected chi connectivity index (χ0v) is 13.7. The number of methoxy groups -OCH3 is 1. The molecule has 1 aliphatic carbocycles. The summed E-state index contributed by atoms with van der Waals surface area (Å²) in [6.07, 6.45) is 4.80.